The maximum Gasteiger partial charge on any atom is 0.307 e. The van der Waals surface area contributed by atoms with Crippen molar-refractivity contribution < 1.29 is 9.90 Å². The molecular weight excluding hydrogens is 204 g/mol. The molecule has 4 heteroatoms. The standard InChI is InChI=1S/C12H18N2O2/c1-2-14-11(7-8-13-14)9-5-3-4-6-10(9)12(15)16/h7-10H,2-6H2,1H3,(H,15,16). The van der Waals surface area contributed by atoms with Crippen LogP contribution in [-0.2, 0) is 11.3 Å². The Morgan fingerprint density at radius 2 is 2.31 bits per heavy atom. The summed E-state index contributed by atoms with van der Waals surface area (Å²) < 4.78 is 1.92. The van der Waals surface area contributed by atoms with E-state index >= 15 is 0 Å². The molecule has 88 valence electrons. The summed E-state index contributed by atoms with van der Waals surface area (Å²) in [7, 11) is 0. The highest BCUT2D eigenvalue weighted by Crippen LogP contribution is 2.37. The average molecular weight is 222 g/mol. The van der Waals surface area contributed by atoms with Crippen LogP contribution in [0.4, 0.5) is 0 Å². The van der Waals surface area contributed by atoms with Gasteiger partial charge in [-0.25, -0.2) is 0 Å². The highest BCUT2D eigenvalue weighted by Gasteiger charge is 2.33. The molecule has 1 N–H and O–H groups in total. The lowest BCUT2D eigenvalue weighted by Gasteiger charge is -2.28. The number of aliphatic carboxylic acids is 1. The van der Waals surface area contributed by atoms with Gasteiger partial charge in [-0.15, -0.1) is 0 Å². The minimum absolute atomic E-state index is 0.147. The van der Waals surface area contributed by atoms with Crippen molar-refractivity contribution in [3.63, 3.8) is 0 Å². The molecule has 0 bridgehead atoms. The van der Waals surface area contributed by atoms with E-state index < -0.39 is 5.97 Å². The van der Waals surface area contributed by atoms with Crippen molar-refractivity contribution in [1.82, 2.24) is 9.78 Å². The van der Waals surface area contributed by atoms with Crippen LogP contribution < -0.4 is 0 Å². The third kappa shape index (κ3) is 1.96. The van der Waals surface area contributed by atoms with Crippen LogP contribution in [-0.4, -0.2) is 20.9 Å². The Morgan fingerprint density at radius 3 is 3.00 bits per heavy atom. The van der Waals surface area contributed by atoms with Crippen molar-refractivity contribution in [2.45, 2.75) is 45.1 Å². The summed E-state index contributed by atoms with van der Waals surface area (Å²) >= 11 is 0. The zero-order valence-corrected chi connectivity index (χ0v) is 9.59. The fraction of sp³-hybridized carbons (Fsp3) is 0.667. The number of carboxylic acid groups (broad SMARTS) is 1. The highest BCUT2D eigenvalue weighted by atomic mass is 16.4. The predicted molar refractivity (Wildman–Crippen MR) is 60.2 cm³/mol. The van der Waals surface area contributed by atoms with E-state index in [0.29, 0.717) is 0 Å². The van der Waals surface area contributed by atoms with Crippen LogP contribution in [0.25, 0.3) is 0 Å². The Morgan fingerprint density at radius 1 is 1.56 bits per heavy atom. The molecule has 0 spiro atoms. The van der Waals surface area contributed by atoms with Crippen molar-refractivity contribution in [3.8, 4) is 0 Å². The van der Waals surface area contributed by atoms with Crippen LogP contribution in [0.3, 0.4) is 0 Å². The molecule has 1 aromatic heterocycles. The van der Waals surface area contributed by atoms with Crippen molar-refractivity contribution in [3.05, 3.63) is 18.0 Å². The molecule has 2 rings (SSSR count). The van der Waals surface area contributed by atoms with Crippen LogP contribution in [0.1, 0.15) is 44.2 Å². The normalized spacial score (nSPS) is 25.6. The maximum atomic E-state index is 11.2. The SMILES string of the molecule is CCn1nccc1C1CCCCC1C(=O)O. The monoisotopic (exact) mass is 222 g/mol. The molecular formula is C12H18N2O2. The molecule has 0 radical (unpaired) electrons. The first-order valence-corrected chi connectivity index (χ1v) is 5.98. The number of hydrogen-bond donors (Lipinski definition) is 1. The van der Waals surface area contributed by atoms with Crippen molar-refractivity contribution in [1.29, 1.82) is 0 Å². The lowest BCUT2D eigenvalue weighted by atomic mass is 9.77. The first-order chi connectivity index (χ1) is 7.74. The summed E-state index contributed by atoms with van der Waals surface area (Å²) in [4.78, 5) is 11.2. The van der Waals surface area contributed by atoms with Gasteiger partial charge in [0.05, 0.1) is 5.92 Å². The van der Waals surface area contributed by atoms with Gasteiger partial charge in [-0.3, -0.25) is 9.48 Å². The minimum Gasteiger partial charge on any atom is -0.481 e. The maximum absolute atomic E-state index is 11.2. The van der Waals surface area contributed by atoms with Crippen molar-refractivity contribution in [2.75, 3.05) is 0 Å². The minimum atomic E-state index is -0.659. The summed E-state index contributed by atoms with van der Waals surface area (Å²) in [5.41, 5.74) is 1.09. The molecule has 1 aliphatic carbocycles. The lowest BCUT2D eigenvalue weighted by Crippen LogP contribution is -2.27. The molecule has 2 unspecified atom stereocenters. The van der Waals surface area contributed by atoms with Gasteiger partial charge in [0.25, 0.3) is 0 Å². The number of aromatic nitrogens is 2. The van der Waals surface area contributed by atoms with Crippen LogP contribution in [0.2, 0.25) is 0 Å². The number of hydrogen-bond acceptors (Lipinski definition) is 2. The van der Waals surface area contributed by atoms with Gasteiger partial charge in [0.15, 0.2) is 0 Å². The molecule has 1 aliphatic rings. The zero-order valence-electron chi connectivity index (χ0n) is 9.59. The number of rotatable bonds is 3. The fourth-order valence-electron chi connectivity index (χ4n) is 2.70. The summed E-state index contributed by atoms with van der Waals surface area (Å²) in [6.45, 7) is 2.85. The quantitative estimate of drug-likeness (QED) is 0.853. The van der Waals surface area contributed by atoms with E-state index in [2.05, 4.69) is 5.10 Å². The summed E-state index contributed by atoms with van der Waals surface area (Å²) in [5, 5.41) is 13.5. The Bertz CT molecular complexity index is 373. The molecule has 1 fully saturated rings. The molecule has 1 heterocycles. The lowest BCUT2D eigenvalue weighted by molar-refractivity contribution is -0.143. The third-order valence-corrected chi connectivity index (χ3v) is 3.51. The van der Waals surface area contributed by atoms with Crippen LogP contribution >= 0.6 is 0 Å². The predicted octanol–water partition coefficient (Wildman–Crippen LogP) is 2.26. The van der Waals surface area contributed by atoms with Gasteiger partial charge in [-0.1, -0.05) is 12.8 Å². The molecule has 0 aromatic carbocycles. The van der Waals surface area contributed by atoms with Gasteiger partial charge < -0.3 is 5.11 Å². The van der Waals surface area contributed by atoms with Gasteiger partial charge >= 0.3 is 5.97 Å². The molecule has 1 aromatic rings. The van der Waals surface area contributed by atoms with Gasteiger partial charge in [-0.2, -0.15) is 5.10 Å². The zero-order chi connectivity index (χ0) is 11.5. The second kappa shape index (κ2) is 4.68. The number of nitrogens with zero attached hydrogens (tertiary/aromatic N) is 2. The molecule has 0 amide bonds. The van der Waals surface area contributed by atoms with E-state index in [1.54, 1.807) is 6.20 Å². The van der Waals surface area contributed by atoms with E-state index in [9.17, 15) is 9.90 Å². The Kier molecular flexibility index (Phi) is 3.27. The molecule has 16 heavy (non-hydrogen) atoms. The van der Waals surface area contributed by atoms with Gasteiger partial charge in [-0.05, 0) is 25.8 Å². The highest BCUT2D eigenvalue weighted by molar-refractivity contribution is 5.71. The van der Waals surface area contributed by atoms with E-state index in [1.165, 1.54) is 0 Å². The van der Waals surface area contributed by atoms with Crippen LogP contribution in [0.15, 0.2) is 12.3 Å². The summed E-state index contributed by atoms with van der Waals surface area (Å²) in [6.07, 6.45) is 5.71. The smallest absolute Gasteiger partial charge is 0.307 e. The summed E-state index contributed by atoms with van der Waals surface area (Å²) in [5.74, 6) is -0.738. The van der Waals surface area contributed by atoms with E-state index in [0.717, 1.165) is 37.9 Å². The Hall–Kier alpha value is -1.32. The molecule has 4 nitrogen and oxygen atoms in total. The topological polar surface area (TPSA) is 55.1 Å². The number of aryl methyl sites for hydroxylation is 1. The van der Waals surface area contributed by atoms with Crippen LogP contribution in [0.5, 0.6) is 0 Å². The van der Waals surface area contributed by atoms with E-state index in [4.69, 9.17) is 0 Å². The Balaban J connectivity index is 2.26. The first kappa shape index (κ1) is 11.2. The Labute approximate surface area is 95.3 Å². The van der Waals surface area contributed by atoms with Crippen molar-refractivity contribution in [2.24, 2.45) is 5.92 Å². The third-order valence-electron chi connectivity index (χ3n) is 3.51. The van der Waals surface area contributed by atoms with Crippen LogP contribution in [0, 0.1) is 5.92 Å². The van der Waals surface area contributed by atoms with Crippen molar-refractivity contribution >= 4 is 5.97 Å². The van der Waals surface area contributed by atoms with E-state index in [1.807, 2.05) is 17.7 Å². The second-order valence-electron chi connectivity index (χ2n) is 4.41. The number of carbonyl (C=O) groups is 1. The molecule has 1 saturated carbocycles. The summed E-state index contributed by atoms with van der Waals surface area (Å²) in [6, 6.07) is 1.97. The molecule has 2 atom stereocenters. The number of carboxylic acids is 1. The van der Waals surface area contributed by atoms with Gasteiger partial charge in [0.2, 0.25) is 0 Å². The van der Waals surface area contributed by atoms with E-state index in [-0.39, 0.29) is 11.8 Å². The first-order valence-electron chi connectivity index (χ1n) is 5.98. The molecule has 0 aliphatic heterocycles. The fourth-order valence-corrected chi connectivity index (χ4v) is 2.70. The second-order valence-corrected chi connectivity index (χ2v) is 4.41. The average Bonchev–Trinajstić information content (AvgIpc) is 2.76. The van der Waals surface area contributed by atoms with Gasteiger partial charge in [0, 0.05) is 24.4 Å². The largest absolute Gasteiger partial charge is 0.481 e. The van der Waals surface area contributed by atoms with Gasteiger partial charge in [0.1, 0.15) is 0 Å². The molecule has 0 saturated heterocycles.